The maximum absolute atomic E-state index is 12.9. The molecule has 3 heterocycles. The summed E-state index contributed by atoms with van der Waals surface area (Å²) in [5.41, 5.74) is 2.85. The Kier molecular flexibility index (Phi) is 4.26. The summed E-state index contributed by atoms with van der Waals surface area (Å²) in [7, 11) is 0. The number of hydrogen-bond donors (Lipinski definition) is 0. The van der Waals surface area contributed by atoms with Gasteiger partial charge in [-0.1, -0.05) is 35.5 Å². The Bertz CT molecular complexity index is 937. The maximum Gasteiger partial charge on any atom is 0.274 e. The largest absolute Gasteiger partial charge is 0.389 e. The van der Waals surface area contributed by atoms with Crippen LogP contribution in [0.15, 0.2) is 48.0 Å². The zero-order chi connectivity index (χ0) is 20.2. The van der Waals surface area contributed by atoms with Crippen LogP contribution in [0.4, 0.5) is 0 Å². The number of carbonyl (C=O) groups is 1. The molecule has 0 bridgehead atoms. The Morgan fingerprint density at radius 1 is 1.24 bits per heavy atom. The van der Waals surface area contributed by atoms with E-state index in [1.54, 1.807) is 6.33 Å². The Morgan fingerprint density at radius 3 is 2.62 bits per heavy atom. The van der Waals surface area contributed by atoms with Crippen molar-refractivity contribution in [3.8, 4) is 0 Å². The van der Waals surface area contributed by atoms with E-state index in [4.69, 9.17) is 4.84 Å². The van der Waals surface area contributed by atoms with Crippen LogP contribution in [-0.4, -0.2) is 44.8 Å². The highest BCUT2D eigenvalue weighted by Gasteiger charge is 2.60. The third-order valence-electron chi connectivity index (χ3n) is 6.59. The number of likely N-dealkylation sites (tertiary alicyclic amines) is 1. The molecule has 2 fully saturated rings. The number of rotatable bonds is 5. The lowest BCUT2D eigenvalue weighted by molar-refractivity contribution is 0.0123. The van der Waals surface area contributed by atoms with Crippen LogP contribution in [0.2, 0.25) is 0 Å². The van der Waals surface area contributed by atoms with Gasteiger partial charge in [-0.2, -0.15) is 0 Å². The van der Waals surface area contributed by atoms with Gasteiger partial charge in [-0.3, -0.25) is 4.79 Å². The van der Waals surface area contributed by atoms with Gasteiger partial charge in [0.25, 0.3) is 5.91 Å². The van der Waals surface area contributed by atoms with Gasteiger partial charge < -0.3 is 14.3 Å². The molecule has 0 spiro atoms. The SMILES string of the molecule is C[C@@H](Cc1ccccc1)n1cnc(C(=O)N2CC3C(C2)C3C2=NOC(C)(C)C2)c1. The molecule has 2 aliphatic heterocycles. The monoisotopic (exact) mass is 392 g/mol. The highest BCUT2D eigenvalue weighted by Crippen LogP contribution is 2.54. The molecule has 3 aliphatic rings. The lowest BCUT2D eigenvalue weighted by Crippen LogP contribution is -2.33. The van der Waals surface area contributed by atoms with Gasteiger partial charge >= 0.3 is 0 Å². The number of amides is 1. The number of oxime groups is 1. The van der Waals surface area contributed by atoms with Gasteiger partial charge in [-0.15, -0.1) is 0 Å². The van der Waals surface area contributed by atoms with Gasteiger partial charge in [0, 0.05) is 37.7 Å². The predicted octanol–water partition coefficient (Wildman–Crippen LogP) is 3.56. The summed E-state index contributed by atoms with van der Waals surface area (Å²) >= 11 is 0. The zero-order valence-electron chi connectivity index (χ0n) is 17.3. The molecule has 0 N–H and O–H groups in total. The fraction of sp³-hybridized carbons (Fsp3) is 0.522. The molecule has 1 aromatic heterocycles. The topological polar surface area (TPSA) is 59.7 Å². The van der Waals surface area contributed by atoms with Crippen molar-refractivity contribution in [1.29, 1.82) is 0 Å². The molecular formula is C23H28N4O2. The number of benzene rings is 1. The fourth-order valence-corrected chi connectivity index (χ4v) is 4.96. The second kappa shape index (κ2) is 6.71. The number of fused-ring (bicyclic) bond motifs is 1. The third-order valence-corrected chi connectivity index (χ3v) is 6.59. The second-order valence-corrected chi connectivity index (χ2v) is 9.42. The molecule has 152 valence electrons. The smallest absolute Gasteiger partial charge is 0.274 e. The van der Waals surface area contributed by atoms with Crippen LogP contribution in [0, 0.1) is 17.8 Å². The Morgan fingerprint density at radius 2 is 1.97 bits per heavy atom. The van der Waals surface area contributed by atoms with Crippen molar-refractivity contribution < 1.29 is 9.63 Å². The second-order valence-electron chi connectivity index (χ2n) is 9.42. The van der Waals surface area contributed by atoms with Gasteiger partial charge in [-0.05, 0) is 44.6 Å². The summed E-state index contributed by atoms with van der Waals surface area (Å²) < 4.78 is 2.05. The number of aromatic nitrogens is 2. The molecular weight excluding hydrogens is 364 g/mol. The zero-order valence-corrected chi connectivity index (χ0v) is 17.3. The van der Waals surface area contributed by atoms with Crippen molar-refractivity contribution in [2.24, 2.45) is 22.9 Å². The molecule has 2 aromatic rings. The van der Waals surface area contributed by atoms with Crippen LogP contribution in [0.3, 0.4) is 0 Å². The van der Waals surface area contributed by atoms with Crippen molar-refractivity contribution in [3.05, 3.63) is 54.1 Å². The Hall–Kier alpha value is -2.63. The number of carbonyl (C=O) groups excluding carboxylic acids is 1. The fourth-order valence-electron chi connectivity index (χ4n) is 4.96. The number of hydrogen-bond acceptors (Lipinski definition) is 4. The van der Waals surface area contributed by atoms with Crippen LogP contribution in [0.5, 0.6) is 0 Å². The minimum atomic E-state index is -0.176. The first-order chi connectivity index (χ1) is 13.9. The van der Waals surface area contributed by atoms with Crippen molar-refractivity contribution in [3.63, 3.8) is 0 Å². The molecule has 1 aromatic carbocycles. The standard InChI is InChI=1S/C23H28N4O2/c1-15(9-16-7-5-4-6-8-16)27-13-20(24-14-27)22(28)26-11-17-18(12-26)21(17)19-10-23(2,3)29-25-19/h4-8,13-15,17-18,21H,9-12H2,1-3H3/t15-,17?,18?,21?/m0/s1. The summed E-state index contributed by atoms with van der Waals surface area (Å²) in [6.45, 7) is 7.92. The third kappa shape index (κ3) is 3.45. The molecule has 5 rings (SSSR count). The first kappa shape index (κ1) is 18.4. The van der Waals surface area contributed by atoms with Gasteiger partial charge in [0.1, 0.15) is 11.3 Å². The normalized spacial score (nSPS) is 27.9. The maximum atomic E-state index is 12.9. The molecule has 0 radical (unpaired) electrons. The van der Waals surface area contributed by atoms with E-state index < -0.39 is 0 Å². The van der Waals surface area contributed by atoms with E-state index in [9.17, 15) is 4.79 Å². The predicted molar refractivity (Wildman–Crippen MR) is 111 cm³/mol. The molecule has 29 heavy (non-hydrogen) atoms. The highest BCUT2D eigenvalue weighted by molar-refractivity contribution is 5.94. The van der Waals surface area contributed by atoms with Gasteiger partial charge in [-0.25, -0.2) is 4.98 Å². The van der Waals surface area contributed by atoms with Crippen molar-refractivity contribution in [1.82, 2.24) is 14.5 Å². The summed E-state index contributed by atoms with van der Waals surface area (Å²) in [5.74, 6) is 1.62. The van der Waals surface area contributed by atoms with E-state index in [0.29, 0.717) is 23.4 Å². The lowest BCUT2D eigenvalue weighted by Gasteiger charge is -2.19. The van der Waals surface area contributed by atoms with Gasteiger partial charge in [0.05, 0.1) is 12.0 Å². The molecule has 1 amide bonds. The van der Waals surface area contributed by atoms with Crippen LogP contribution >= 0.6 is 0 Å². The summed E-state index contributed by atoms with van der Waals surface area (Å²) in [6.07, 6.45) is 5.51. The minimum absolute atomic E-state index is 0.0477. The molecule has 3 atom stereocenters. The van der Waals surface area contributed by atoms with Crippen LogP contribution in [0.25, 0.3) is 0 Å². The van der Waals surface area contributed by atoms with Crippen LogP contribution in [-0.2, 0) is 11.3 Å². The van der Waals surface area contributed by atoms with E-state index in [1.165, 1.54) is 11.3 Å². The Labute approximate surface area is 171 Å². The first-order valence-electron chi connectivity index (χ1n) is 10.5. The Balaban J connectivity index is 1.18. The highest BCUT2D eigenvalue weighted by atomic mass is 16.7. The van der Waals surface area contributed by atoms with Crippen LogP contribution in [0.1, 0.15) is 49.3 Å². The van der Waals surface area contributed by atoms with Crippen LogP contribution < -0.4 is 0 Å². The average molecular weight is 393 g/mol. The number of piperidine rings is 1. The first-order valence-corrected chi connectivity index (χ1v) is 10.5. The molecule has 6 heteroatoms. The van der Waals surface area contributed by atoms with Crippen molar-refractivity contribution in [2.75, 3.05) is 13.1 Å². The van der Waals surface area contributed by atoms with Crippen molar-refractivity contribution in [2.45, 2.75) is 45.3 Å². The summed E-state index contributed by atoms with van der Waals surface area (Å²) in [4.78, 5) is 24.8. The van der Waals surface area contributed by atoms with E-state index in [0.717, 1.165) is 25.9 Å². The minimum Gasteiger partial charge on any atom is -0.389 e. The molecule has 1 saturated heterocycles. The summed E-state index contributed by atoms with van der Waals surface area (Å²) in [6, 6.07) is 10.7. The van der Waals surface area contributed by atoms with E-state index in [1.807, 2.05) is 21.7 Å². The molecule has 6 nitrogen and oxygen atoms in total. The van der Waals surface area contributed by atoms with E-state index in [-0.39, 0.29) is 17.6 Å². The quantitative estimate of drug-likeness (QED) is 0.782. The average Bonchev–Trinajstić information content (AvgIpc) is 3.14. The van der Waals surface area contributed by atoms with Gasteiger partial charge in [0.2, 0.25) is 0 Å². The van der Waals surface area contributed by atoms with Gasteiger partial charge in [0.15, 0.2) is 0 Å². The molecule has 2 unspecified atom stereocenters. The summed E-state index contributed by atoms with van der Waals surface area (Å²) in [5, 5.41) is 4.32. The number of imidazole rings is 1. The number of nitrogens with zero attached hydrogens (tertiary/aromatic N) is 4. The molecule has 1 aliphatic carbocycles. The van der Waals surface area contributed by atoms with E-state index >= 15 is 0 Å². The van der Waals surface area contributed by atoms with E-state index in [2.05, 4.69) is 55.2 Å². The lowest BCUT2D eigenvalue weighted by atomic mass is 9.98. The van der Waals surface area contributed by atoms with Crippen molar-refractivity contribution >= 4 is 11.6 Å². The molecule has 1 saturated carbocycles.